The lowest BCUT2D eigenvalue weighted by Crippen LogP contribution is -2.41. The van der Waals surface area contributed by atoms with E-state index in [0.717, 1.165) is 61.6 Å². The summed E-state index contributed by atoms with van der Waals surface area (Å²) < 4.78 is 14.3. The minimum absolute atomic E-state index is 0.0440. The van der Waals surface area contributed by atoms with E-state index >= 15 is 0 Å². The van der Waals surface area contributed by atoms with Gasteiger partial charge in [0.1, 0.15) is 11.4 Å². The molecular formula is C26H31N3O3. The topological polar surface area (TPSA) is 56.6 Å². The molecule has 5 rings (SSSR count). The van der Waals surface area contributed by atoms with E-state index in [1.54, 1.807) is 0 Å². The SMILES string of the molecule is Cc1nc2ccccc2n1CC1CCN(C(=O)COc2cccc3c2OC(C)(C)C3)CC1. The highest BCUT2D eigenvalue weighted by Gasteiger charge is 2.32. The lowest BCUT2D eigenvalue weighted by atomic mass is 9.96. The van der Waals surface area contributed by atoms with Crippen LogP contribution in [0.15, 0.2) is 42.5 Å². The number of carbonyl (C=O) groups excluding carboxylic acids is 1. The normalized spacial score (nSPS) is 17.9. The zero-order valence-corrected chi connectivity index (χ0v) is 19.1. The molecular weight excluding hydrogens is 402 g/mol. The molecule has 1 aromatic heterocycles. The molecule has 6 heteroatoms. The summed E-state index contributed by atoms with van der Waals surface area (Å²) in [5, 5.41) is 0. The summed E-state index contributed by atoms with van der Waals surface area (Å²) >= 11 is 0. The van der Waals surface area contributed by atoms with Gasteiger partial charge in [0.25, 0.3) is 5.91 Å². The zero-order valence-electron chi connectivity index (χ0n) is 19.1. The first-order valence-corrected chi connectivity index (χ1v) is 11.5. The molecule has 0 aliphatic carbocycles. The summed E-state index contributed by atoms with van der Waals surface area (Å²) in [6, 6.07) is 14.2. The summed E-state index contributed by atoms with van der Waals surface area (Å²) in [4.78, 5) is 19.4. The average molecular weight is 434 g/mol. The number of benzene rings is 2. The minimum atomic E-state index is -0.230. The number of amides is 1. The van der Waals surface area contributed by atoms with Crippen LogP contribution >= 0.6 is 0 Å². The van der Waals surface area contributed by atoms with Crippen LogP contribution in [0.4, 0.5) is 0 Å². The van der Waals surface area contributed by atoms with Crippen molar-refractivity contribution in [3.05, 3.63) is 53.9 Å². The van der Waals surface area contributed by atoms with Gasteiger partial charge in [0.2, 0.25) is 0 Å². The number of piperidine rings is 1. The van der Waals surface area contributed by atoms with Crippen molar-refractivity contribution in [3.63, 3.8) is 0 Å². The molecule has 3 heterocycles. The van der Waals surface area contributed by atoms with Crippen molar-refractivity contribution < 1.29 is 14.3 Å². The second kappa shape index (κ2) is 8.15. The Morgan fingerprint density at radius 3 is 2.75 bits per heavy atom. The smallest absolute Gasteiger partial charge is 0.260 e. The first-order chi connectivity index (χ1) is 15.4. The quantitative estimate of drug-likeness (QED) is 0.599. The fraction of sp³-hybridized carbons (Fsp3) is 0.462. The molecule has 2 aliphatic rings. The Labute approximate surface area is 189 Å². The van der Waals surface area contributed by atoms with E-state index < -0.39 is 0 Å². The van der Waals surface area contributed by atoms with Gasteiger partial charge in [-0.1, -0.05) is 24.3 Å². The average Bonchev–Trinajstić information content (AvgIpc) is 3.27. The van der Waals surface area contributed by atoms with E-state index in [2.05, 4.69) is 54.6 Å². The molecule has 0 spiro atoms. The van der Waals surface area contributed by atoms with E-state index in [1.807, 2.05) is 23.1 Å². The van der Waals surface area contributed by atoms with E-state index in [9.17, 15) is 4.79 Å². The van der Waals surface area contributed by atoms with Gasteiger partial charge < -0.3 is 18.9 Å². The van der Waals surface area contributed by atoms with Crippen LogP contribution in [0, 0.1) is 12.8 Å². The minimum Gasteiger partial charge on any atom is -0.483 e. The van der Waals surface area contributed by atoms with E-state index in [4.69, 9.17) is 9.47 Å². The number of likely N-dealkylation sites (tertiary alicyclic amines) is 1. The molecule has 1 fully saturated rings. The Morgan fingerprint density at radius 1 is 1.16 bits per heavy atom. The number of carbonyl (C=O) groups is 1. The van der Waals surface area contributed by atoms with Gasteiger partial charge in [-0.25, -0.2) is 4.98 Å². The summed E-state index contributed by atoms with van der Waals surface area (Å²) in [6.07, 6.45) is 2.85. The van der Waals surface area contributed by atoms with Gasteiger partial charge in [0.15, 0.2) is 18.1 Å². The maximum absolute atomic E-state index is 12.8. The first kappa shape index (κ1) is 20.9. The van der Waals surface area contributed by atoms with Gasteiger partial charge in [-0.05, 0) is 57.7 Å². The molecule has 0 atom stereocenters. The molecule has 168 valence electrons. The molecule has 6 nitrogen and oxygen atoms in total. The monoisotopic (exact) mass is 433 g/mol. The predicted molar refractivity (Wildman–Crippen MR) is 124 cm³/mol. The van der Waals surface area contributed by atoms with Gasteiger partial charge in [-0.3, -0.25) is 4.79 Å². The predicted octanol–water partition coefficient (Wildman–Crippen LogP) is 4.38. The Balaban J connectivity index is 1.16. The van der Waals surface area contributed by atoms with E-state index in [-0.39, 0.29) is 18.1 Å². The van der Waals surface area contributed by atoms with Crippen molar-refractivity contribution in [2.75, 3.05) is 19.7 Å². The maximum Gasteiger partial charge on any atom is 0.260 e. The lowest BCUT2D eigenvalue weighted by molar-refractivity contribution is -0.134. The maximum atomic E-state index is 12.8. The summed E-state index contributed by atoms with van der Waals surface area (Å²) in [7, 11) is 0. The molecule has 0 N–H and O–H groups in total. The first-order valence-electron chi connectivity index (χ1n) is 11.5. The van der Waals surface area contributed by atoms with Crippen molar-refractivity contribution in [2.45, 2.75) is 52.2 Å². The lowest BCUT2D eigenvalue weighted by Gasteiger charge is -2.32. The Hall–Kier alpha value is -3.02. The zero-order chi connectivity index (χ0) is 22.3. The molecule has 0 unspecified atom stereocenters. The van der Waals surface area contributed by atoms with Crippen LogP contribution in [0.3, 0.4) is 0 Å². The number of hydrogen-bond acceptors (Lipinski definition) is 4. The van der Waals surface area contributed by atoms with Crippen LogP contribution in [-0.4, -0.2) is 45.7 Å². The number of rotatable bonds is 5. The Bertz CT molecular complexity index is 1140. The van der Waals surface area contributed by atoms with Gasteiger partial charge in [-0.15, -0.1) is 0 Å². The van der Waals surface area contributed by atoms with Gasteiger partial charge >= 0.3 is 0 Å². The second-order valence-corrected chi connectivity index (χ2v) is 9.65. The van der Waals surface area contributed by atoms with Crippen molar-refractivity contribution in [3.8, 4) is 11.5 Å². The van der Waals surface area contributed by atoms with Gasteiger partial charge in [-0.2, -0.15) is 0 Å². The summed E-state index contributed by atoms with van der Waals surface area (Å²) in [5.74, 6) is 3.09. The van der Waals surface area contributed by atoms with E-state index in [1.165, 1.54) is 5.52 Å². The Morgan fingerprint density at radius 2 is 1.94 bits per heavy atom. The summed E-state index contributed by atoms with van der Waals surface area (Å²) in [6.45, 7) is 8.76. The molecule has 2 aliphatic heterocycles. The third kappa shape index (κ3) is 4.06. The van der Waals surface area contributed by atoms with Crippen LogP contribution in [0.2, 0.25) is 0 Å². The van der Waals surface area contributed by atoms with Crippen LogP contribution in [0.5, 0.6) is 11.5 Å². The Kier molecular flexibility index (Phi) is 5.31. The number of hydrogen-bond donors (Lipinski definition) is 0. The van der Waals surface area contributed by atoms with Crippen LogP contribution < -0.4 is 9.47 Å². The molecule has 0 bridgehead atoms. The van der Waals surface area contributed by atoms with Crippen LogP contribution in [0.1, 0.15) is 38.1 Å². The third-order valence-electron chi connectivity index (χ3n) is 6.66. The number of ether oxygens (including phenoxy) is 2. The van der Waals surface area contributed by atoms with Crippen LogP contribution in [0.25, 0.3) is 11.0 Å². The van der Waals surface area contributed by atoms with Crippen molar-refractivity contribution >= 4 is 16.9 Å². The highest BCUT2D eigenvalue weighted by Crippen LogP contribution is 2.41. The fourth-order valence-electron chi connectivity index (χ4n) is 4.98. The number of para-hydroxylation sites is 3. The fourth-order valence-corrected chi connectivity index (χ4v) is 4.98. The second-order valence-electron chi connectivity index (χ2n) is 9.65. The number of imidazole rings is 1. The molecule has 3 aromatic rings. The van der Waals surface area contributed by atoms with Crippen molar-refractivity contribution in [1.82, 2.24) is 14.5 Å². The molecule has 1 saturated heterocycles. The molecule has 0 radical (unpaired) electrons. The van der Waals surface area contributed by atoms with Crippen molar-refractivity contribution in [2.24, 2.45) is 5.92 Å². The third-order valence-corrected chi connectivity index (χ3v) is 6.66. The highest BCUT2D eigenvalue weighted by molar-refractivity contribution is 5.78. The van der Waals surface area contributed by atoms with E-state index in [0.29, 0.717) is 11.7 Å². The molecule has 32 heavy (non-hydrogen) atoms. The molecule has 1 amide bonds. The number of aryl methyl sites for hydroxylation is 1. The van der Waals surface area contributed by atoms with Crippen LogP contribution in [-0.2, 0) is 17.8 Å². The standard InChI is InChI=1S/C26H31N3O3/c1-18-27-21-8-4-5-9-22(21)29(18)16-19-11-13-28(14-12-19)24(30)17-31-23-10-6-7-20-15-26(2,3)32-25(20)23/h4-10,19H,11-17H2,1-3H3. The van der Waals surface area contributed by atoms with Gasteiger partial charge in [0.05, 0.1) is 11.0 Å². The number of nitrogens with zero attached hydrogens (tertiary/aromatic N) is 3. The van der Waals surface area contributed by atoms with Crippen molar-refractivity contribution in [1.29, 1.82) is 0 Å². The largest absolute Gasteiger partial charge is 0.483 e. The molecule has 0 saturated carbocycles. The summed E-state index contributed by atoms with van der Waals surface area (Å²) in [5.41, 5.74) is 3.15. The number of fused-ring (bicyclic) bond motifs is 2. The number of aromatic nitrogens is 2. The highest BCUT2D eigenvalue weighted by atomic mass is 16.5. The molecule has 2 aromatic carbocycles. The van der Waals surface area contributed by atoms with Gasteiger partial charge in [0, 0.05) is 31.6 Å².